The lowest BCUT2D eigenvalue weighted by Crippen LogP contribution is -2.26. The minimum Gasteiger partial charge on any atom is -0.466 e. The van der Waals surface area contributed by atoms with Crippen LogP contribution in [0.5, 0.6) is 0 Å². The maximum Gasteiger partial charge on any atom is 0.305 e. The van der Waals surface area contributed by atoms with Gasteiger partial charge in [-0.15, -0.1) is 0 Å². The highest BCUT2D eigenvalue weighted by atomic mass is 19.1. The molecule has 0 radical (unpaired) electrons. The predicted octanol–water partition coefficient (Wildman–Crippen LogP) is 1.83. The number of esters is 1. The summed E-state index contributed by atoms with van der Waals surface area (Å²) in [5.41, 5.74) is 0.366. The van der Waals surface area contributed by atoms with E-state index >= 15 is 0 Å². The van der Waals surface area contributed by atoms with Crippen LogP contribution >= 0.6 is 0 Å². The molecule has 4 nitrogen and oxygen atoms in total. The van der Waals surface area contributed by atoms with Crippen LogP contribution in [0.4, 0.5) is 4.39 Å². The number of carbonyl (C=O) groups is 2. The summed E-state index contributed by atoms with van der Waals surface area (Å²) in [6.45, 7) is 2.48. The molecule has 0 aliphatic carbocycles. The van der Waals surface area contributed by atoms with Crippen molar-refractivity contribution in [1.82, 2.24) is 5.32 Å². The lowest BCUT2D eigenvalue weighted by atomic mass is 10.1. The Morgan fingerprint density at radius 3 is 2.74 bits per heavy atom. The molecule has 0 bridgehead atoms. The third-order valence-electron chi connectivity index (χ3n) is 2.49. The van der Waals surface area contributed by atoms with Crippen molar-refractivity contribution in [2.24, 2.45) is 0 Å². The molecule has 0 aliphatic heterocycles. The molecular weight excluding hydrogens is 249 g/mol. The minimum atomic E-state index is -0.385. The molecule has 0 atom stereocenters. The molecule has 0 fully saturated rings. The lowest BCUT2D eigenvalue weighted by Gasteiger charge is -2.06. The van der Waals surface area contributed by atoms with E-state index in [0.717, 1.165) is 0 Å². The van der Waals surface area contributed by atoms with Gasteiger partial charge in [0.1, 0.15) is 5.82 Å². The van der Waals surface area contributed by atoms with Crippen molar-refractivity contribution >= 4 is 11.9 Å². The van der Waals surface area contributed by atoms with E-state index in [0.29, 0.717) is 25.1 Å². The van der Waals surface area contributed by atoms with Crippen molar-refractivity contribution in [2.75, 3.05) is 13.2 Å². The van der Waals surface area contributed by atoms with E-state index in [4.69, 9.17) is 4.74 Å². The summed E-state index contributed by atoms with van der Waals surface area (Å²) in [5.74, 6) is -0.913. The average molecular weight is 267 g/mol. The normalized spacial score (nSPS) is 10.0. The Bertz CT molecular complexity index is 434. The van der Waals surface area contributed by atoms with Gasteiger partial charge in [-0.3, -0.25) is 9.59 Å². The van der Waals surface area contributed by atoms with E-state index in [1.807, 2.05) is 0 Å². The van der Waals surface area contributed by atoms with Crippen LogP contribution in [-0.4, -0.2) is 25.0 Å². The first-order valence-electron chi connectivity index (χ1n) is 6.29. The Morgan fingerprint density at radius 2 is 2.05 bits per heavy atom. The zero-order valence-electron chi connectivity index (χ0n) is 10.9. The van der Waals surface area contributed by atoms with Gasteiger partial charge in [0.2, 0.25) is 5.91 Å². The molecule has 0 spiro atoms. The van der Waals surface area contributed by atoms with Gasteiger partial charge in [-0.2, -0.15) is 0 Å². The molecule has 0 saturated carbocycles. The second-order valence-corrected chi connectivity index (χ2v) is 4.03. The number of carbonyl (C=O) groups excluding carboxylic acids is 2. The van der Waals surface area contributed by atoms with E-state index in [2.05, 4.69) is 5.32 Å². The molecule has 1 N–H and O–H groups in total. The Labute approximate surface area is 112 Å². The van der Waals surface area contributed by atoms with Crippen molar-refractivity contribution < 1.29 is 18.7 Å². The summed E-state index contributed by atoms with van der Waals surface area (Å²) in [5, 5.41) is 2.64. The number of amides is 1. The van der Waals surface area contributed by atoms with Gasteiger partial charge >= 0.3 is 5.97 Å². The topological polar surface area (TPSA) is 55.4 Å². The molecule has 19 heavy (non-hydrogen) atoms. The number of benzene rings is 1. The van der Waals surface area contributed by atoms with Gasteiger partial charge in [0, 0.05) is 13.0 Å². The Balaban J connectivity index is 2.22. The van der Waals surface area contributed by atoms with Crippen molar-refractivity contribution in [1.29, 1.82) is 0 Å². The quantitative estimate of drug-likeness (QED) is 0.605. The van der Waals surface area contributed by atoms with Gasteiger partial charge in [-0.1, -0.05) is 18.2 Å². The SMILES string of the molecule is CCOC(=O)CCCNC(=O)Cc1ccccc1F. The molecule has 0 unspecified atom stereocenters. The Hall–Kier alpha value is -1.91. The van der Waals surface area contributed by atoms with Crippen LogP contribution in [0.3, 0.4) is 0 Å². The van der Waals surface area contributed by atoms with Crippen molar-refractivity contribution in [3.8, 4) is 0 Å². The first-order chi connectivity index (χ1) is 9.13. The summed E-state index contributed by atoms with van der Waals surface area (Å²) in [7, 11) is 0. The fraction of sp³-hybridized carbons (Fsp3) is 0.429. The maximum atomic E-state index is 13.3. The second-order valence-electron chi connectivity index (χ2n) is 4.03. The highest BCUT2D eigenvalue weighted by molar-refractivity contribution is 5.78. The Morgan fingerprint density at radius 1 is 1.32 bits per heavy atom. The summed E-state index contributed by atoms with van der Waals surface area (Å²) < 4.78 is 18.0. The van der Waals surface area contributed by atoms with Crippen LogP contribution in [0.15, 0.2) is 24.3 Å². The predicted molar refractivity (Wildman–Crippen MR) is 69.0 cm³/mol. The van der Waals surface area contributed by atoms with Crippen molar-refractivity contribution in [2.45, 2.75) is 26.2 Å². The number of ether oxygens (including phenoxy) is 1. The number of rotatable bonds is 7. The zero-order chi connectivity index (χ0) is 14.1. The van der Waals surface area contributed by atoms with E-state index < -0.39 is 0 Å². The summed E-state index contributed by atoms with van der Waals surface area (Å²) in [6, 6.07) is 6.17. The molecule has 0 aromatic heterocycles. The third kappa shape index (κ3) is 5.99. The van der Waals surface area contributed by atoms with Crippen LogP contribution in [0, 0.1) is 5.82 Å². The van der Waals surface area contributed by atoms with Gasteiger partial charge in [0.15, 0.2) is 0 Å². The fourth-order valence-corrected chi connectivity index (χ4v) is 1.57. The maximum absolute atomic E-state index is 13.3. The van der Waals surface area contributed by atoms with Crippen LogP contribution in [0.25, 0.3) is 0 Å². The van der Waals surface area contributed by atoms with Crippen LogP contribution in [0.2, 0.25) is 0 Å². The monoisotopic (exact) mass is 267 g/mol. The number of nitrogens with one attached hydrogen (secondary N) is 1. The second kappa shape index (κ2) is 8.24. The summed E-state index contributed by atoms with van der Waals surface area (Å²) in [4.78, 5) is 22.6. The molecule has 1 aromatic carbocycles. The third-order valence-corrected chi connectivity index (χ3v) is 2.49. The first kappa shape index (κ1) is 15.1. The van der Waals surface area contributed by atoms with E-state index in [-0.39, 0.29) is 30.5 Å². The van der Waals surface area contributed by atoms with Crippen molar-refractivity contribution in [3.05, 3.63) is 35.6 Å². The molecule has 0 aliphatic rings. The lowest BCUT2D eigenvalue weighted by molar-refractivity contribution is -0.143. The first-order valence-corrected chi connectivity index (χ1v) is 6.29. The van der Waals surface area contributed by atoms with Crippen LogP contribution in [0.1, 0.15) is 25.3 Å². The molecule has 1 rings (SSSR count). The average Bonchev–Trinajstić information content (AvgIpc) is 2.38. The fourth-order valence-electron chi connectivity index (χ4n) is 1.57. The van der Waals surface area contributed by atoms with Gasteiger partial charge in [-0.25, -0.2) is 4.39 Å². The molecule has 104 valence electrons. The van der Waals surface area contributed by atoms with Gasteiger partial charge in [0.25, 0.3) is 0 Å². The minimum absolute atomic E-state index is 0.00603. The summed E-state index contributed by atoms with van der Waals surface area (Å²) in [6.07, 6.45) is 0.793. The van der Waals surface area contributed by atoms with Gasteiger partial charge in [0.05, 0.1) is 13.0 Å². The Kier molecular flexibility index (Phi) is 6.57. The van der Waals surface area contributed by atoms with Crippen LogP contribution in [-0.2, 0) is 20.7 Å². The highest BCUT2D eigenvalue weighted by Gasteiger charge is 2.07. The number of halogens is 1. The van der Waals surface area contributed by atoms with E-state index in [9.17, 15) is 14.0 Å². The van der Waals surface area contributed by atoms with Crippen LogP contribution < -0.4 is 5.32 Å². The van der Waals surface area contributed by atoms with E-state index in [1.54, 1.807) is 25.1 Å². The largest absolute Gasteiger partial charge is 0.466 e. The number of hydrogen-bond acceptors (Lipinski definition) is 3. The van der Waals surface area contributed by atoms with E-state index in [1.165, 1.54) is 6.07 Å². The molecule has 0 saturated heterocycles. The molecule has 1 amide bonds. The molecule has 1 aromatic rings. The zero-order valence-corrected chi connectivity index (χ0v) is 10.9. The molecular formula is C14H18FNO3. The smallest absolute Gasteiger partial charge is 0.305 e. The van der Waals surface area contributed by atoms with Gasteiger partial charge < -0.3 is 10.1 Å². The highest BCUT2D eigenvalue weighted by Crippen LogP contribution is 2.06. The van der Waals surface area contributed by atoms with Crippen molar-refractivity contribution in [3.63, 3.8) is 0 Å². The molecule has 0 heterocycles. The standard InChI is InChI=1S/C14H18FNO3/c1-2-19-14(18)8-5-9-16-13(17)10-11-6-3-4-7-12(11)15/h3-4,6-7H,2,5,8-10H2,1H3,(H,16,17). The van der Waals surface area contributed by atoms with Gasteiger partial charge in [-0.05, 0) is 25.0 Å². The summed E-state index contributed by atoms with van der Waals surface area (Å²) >= 11 is 0. The number of hydrogen-bond donors (Lipinski definition) is 1. The molecule has 5 heteroatoms.